The lowest BCUT2D eigenvalue weighted by Crippen LogP contribution is -2.50. The van der Waals surface area contributed by atoms with E-state index in [9.17, 15) is 4.79 Å². The van der Waals surface area contributed by atoms with Gasteiger partial charge < -0.3 is 15.1 Å². The summed E-state index contributed by atoms with van der Waals surface area (Å²) in [7, 11) is 0. The highest BCUT2D eigenvalue weighted by atomic mass is 35.5. The number of piperazine rings is 1. The zero-order valence-corrected chi connectivity index (χ0v) is 14.8. The van der Waals surface area contributed by atoms with E-state index in [1.807, 2.05) is 48.2 Å². The molecule has 2 amide bonds. The third-order valence-electron chi connectivity index (χ3n) is 4.36. The molecule has 1 aliphatic heterocycles. The molecular formula is C19H19ClN4O. The summed E-state index contributed by atoms with van der Waals surface area (Å²) in [6, 6.07) is 15.0. The Morgan fingerprint density at radius 2 is 1.80 bits per heavy atom. The predicted octanol–water partition coefficient (Wildman–Crippen LogP) is 3.87. The van der Waals surface area contributed by atoms with Gasteiger partial charge in [0.05, 0.1) is 11.6 Å². The third-order valence-corrected chi connectivity index (χ3v) is 4.59. The van der Waals surface area contributed by atoms with Crippen molar-refractivity contribution >= 4 is 29.0 Å². The van der Waals surface area contributed by atoms with Crippen molar-refractivity contribution in [2.45, 2.75) is 6.92 Å². The summed E-state index contributed by atoms with van der Waals surface area (Å²) >= 11 is 5.95. The van der Waals surface area contributed by atoms with Crippen molar-refractivity contribution in [3.05, 3.63) is 58.6 Å². The van der Waals surface area contributed by atoms with Gasteiger partial charge in [0.2, 0.25) is 0 Å². The molecule has 0 spiro atoms. The smallest absolute Gasteiger partial charge is 0.321 e. The minimum atomic E-state index is -0.0927. The second-order valence-corrected chi connectivity index (χ2v) is 6.46. The van der Waals surface area contributed by atoms with Crippen LogP contribution >= 0.6 is 11.6 Å². The van der Waals surface area contributed by atoms with Crippen molar-refractivity contribution in [2.24, 2.45) is 0 Å². The van der Waals surface area contributed by atoms with E-state index in [-0.39, 0.29) is 6.03 Å². The average molecular weight is 355 g/mol. The Bertz CT molecular complexity index is 805. The van der Waals surface area contributed by atoms with Gasteiger partial charge in [-0.2, -0.15) is 5.26 Å². The number of urea groups is 1. The number of nitrogens with one attached hydrogen (secondary N) is 1. The second kappa shape index (κ2) is 7.45. The van der Waals surface area contributed by atoms with E-state index in [2.05, 4.69) is 16.3 Å². The zero-order valence-electron chi connectivity index (χ0n) is 14.0. The van der Waals surface area contributed by atoms with E-state index in [4.69, 9.17) is 16.9 Å². The van der Waals surface area contributed by atoms with E-state index in [0.717, 1.165) is 30.0 Å². The van der Waals surface area contributed by atoms with Gasteiger partial charge >= 0.3 is 6.03 Å². The molecule has 0 unspecified atom stereocenters. The summed E-state index contributed by atoms with van der Waals surface area (Å²) in [5.74, 6) is 0. The number of anilines is 2. The van der Waals surface area contributed by atoms with Gasteiger partial charge in [0.1, 0.15) is 0 Å². The molecule has 6 heteroatoms. The molecule has 2 aromatic carbocycles. The quantitative estimate of drug-likeness (QED) is 0.890. The number of carbonyl (C=O) groups excluding carboxylic acids is 1. The number of nitriles is 1. The van der Waals surface area contributed by atoms with Crippen LogP contribution in [0.2, 0.25) is 5.02 Å². The number of rotatable bonds is 2. The van der Waals surface area contributed by atoms with Crippen LogP contribution in [0.5, 0.6) is 0 Å². The molecule has 0 bridgehead atoms. The van der Waals surface area contributed by atoms with Crippen LogP contribution in [-0.2, 0) is 0 Å². The van der Waals surface area contributed by atoms with Crippen LogP contribution in [-0.4, -0.2) is 37.1 Å². The molecule has 1 N–H and O–H groups in total. The molecule has 1 saturated heterocycles. The summed E-state index contributed by atoms with van der Waals surface area (Å²) < 4.78 is 0. The molecule has 0 aromatic heterocycles. The fourth-order valence-corrected chi connectivity index (χ4v) is 3.10. The van der Waals surface area contributed by atoms with Crippen molar-refractivity contribution < 1.29 is 4.79 Å². The Morgan fingerprint density at radius 1 is 1.12 bits per heavy atom. The molecule has 1 aliphatic rings. The first kappa shape index (κ1) is 17.1. The van der Waals surface area contributed by atoms with Crippen molar-refractivity contribution in [2.75, 3.05) is 36.4 Å². The lowest BCUT2D eigenvalue weighted by molar-refractivity contribution is 0.208. The third kappa shape index (κ3) is 4.04. The van der Waals surface area contributed by atoms with Crippen LogP contribution in [0.1, 0.15) is 11.1 Å². The average Bonchev–Trinajstić information content (AvgIpc) is 2.64. The van der Waals surface area contributed by atoms with Crippen molar-refractivity contribution in [1.82, 2.24) is 4.90 Å². The van der Waals surface area contributed by atoms with Gasteiger partial charge in [0.25, 0.3) is 0 Å². The Balaban J connectivity index is 1.57. The molecule has 0 atom stereocenters. The van der Waals surface area contributed by atoms with Gasteiger partial charge in [-0.15, -0.1) is 0 Å². The summed E-state index contributed by atoms with van der Waals surface area (Å²) in [5, 5.41) is 12.5. The molecule has 0 saturated carbocycles. The highest BCUT2D eigenvalue weighted by molar-refractivity contribution is 6.30. The maximum absolute atomic E-state index is 12.5. The number of nitrogens with zero attached hydrogens (tertiary/aromatic N) is 3. The number of hydrogen-bond acceptors (Lipinski definition) is 3. The SMILES string of the molecule is Cc1cc(Cl)ccc1NC(=O)N1CCN(c2ccc(C#N)cc2)CC1. The monoisotopic (exact) mass is 354 g/mol. The highest BCUT2D eigenvalue weighted by Crippen LogP contribution is 2.21. The van der Waals surface area contributed by atoms with E-state index in [1.165, 1.54) is 0 Å². The number of carbonyl (C=O) groups is 1. The van der Waals surface area contributed by atoms with Gasteiger partial charge in [-0.25, -0.2) is 4.79 Å². The minimum Gasteiger partial charge on any atom is -0.368 e. The van der Waals surface area contributed by atoms with Crippen molar-refractivity contribution in [3.63, 3.8) is 0 Å². The van der Waals surface area contributed by atoms with Crippen LogP contribution < -0.4 is 10.2 Å². The number of benzene rings is 2. The molecule has 1 fully saturated rings. The summed E-state index contributed by atoms with van der Waals surface area (Å²) in [6.07, 6.45) is 0. The van der Waals surface area contributed by atoms with Crippen LogP contribution in [0.15, 0.2) is 42.5 Å². The molecule has 5 nitrogen and oxygen atoms in total. The fraction of sp³-hybridized carbons (Fsp3) is 0.263. The molecule has 1 heterocycles. The van der Waals surface area contributed by atoms with Crippen LogP contribution in [0.4, 0.5) is 16.2 Å². The van der Waals surface area contributed by atoms with Gasteiger partial charge in [0.15, 0.2) is 0 Å². The normalized spacial score (nSPS) is 14.1. The Labute approximate surface area is 152 Å². The molecule has 0 aliphatic carbocycles. The van der Waals surface area contributed by atoms with E-state index in [0.29, 0.717) is 23.7 Å². The highest BCUT2D eigenvalue weighted by Gasteiger charge is 2.21. The molecule has 25 heavy (non-hydrogen) atoms. The fourth-order valence-electron chi connectivity index (χ4n) is 2.88. The Morgan fingerprint density at radius 3 is 2.40 bits per heavy atom. The van der Waals surface area contributed by atoms with Crippen molar-refractivity contribution in [1.29, 1.82) is 5.26 Å². The molecule has 0 radical (unpaired) electrons. The van der Waals surface area contributed by atoms with Crippen molar-refractivity contribution in [3.8, 4) is 6.07 Å². The largest absolute Gasteiger partial charge is 0.368 e. The standard InChI is InChI=1S/C19H19ClN4O/c1-14-12-16(20)4-7-18(14)22-19(25)24-10-8-23(9-11-24)17-5-2-15(13-21)3-6-17/h2-7,12H,8-11H2,1H3,(H,22,25). The number of aryl methyl sites for hydroxylation is 1. The van der Waals surface area contributed by atoms with Crippen LogP contribution in [0.25, 0.3) is 0 Å². The van der Waals surface area contributed by atoms with Gasteiger partial charge in [-0.05, 0) is 55.0 Å². The van der Waals surface area contributed by atoms with E-state index < -0.39 is 0 Å². The zero-order chi connectivity index (χ0) is 17.8. The van der Waals surface area contributed by atoms with Gasteiger partial charge in [-0.1, -0.05) is 11.6 Å². The molecule has 3 rings (SSSR count). The maximum Gasteiger partial charge on any atom is 0.321 e. The number of hydrogen-bond donors (Lipinski definition) is 1. The first-order valence-corrected chi connectivity index (χ1v) is 8.52. The summed E-state index contributed by atoms with van der Waals surface area (Å²) in [4.78, 5) is 16.5. The van der Waals surface area contributed by atoms with Gasteiger partial charge in [-0.3, -0.25) is 0 Å². The number of halogens is 1. The maximum atomic E-state index is 12.5. The van der Waals surface area contributed by atoms with Crippen LogP contribution in [0.3, 0.4) is 0 Å². The van der Waals surface area contributed by atoms with Crippen LogP contribution in [0, 0.1) is 18.3 Å². The lowest BCUT2D eigenvalue weighted by atomic mass is 10.2. The summed E-state index contributed by atoms with van der Waals surface area (Å²) in [5.41, 5.74) is 3.45. The van der Waals surface area contributed by atoms with E-state index in [1.54, 1.807) is 6.07 Å². The van der Waals surface area contributed by atoms with E-state index >= 15 is 0 Å². The first-order chi connectivity index (χ1) is 12.1. The topological polar surface area (TPSA) is 59.4 Å². The summed E-state index contributed by atoms with van der Waals surface area (Å²) in [6.45, 7) is 4.75. The Kier molecular flexibility index (Phi) is 5.11. The number of amides is 2. The molecule has 128 valence electrons. The molecule has 2 aromatic rings. The molecular weight excluding hydrogens is 336 g/mol. The second-order valence-electron chi connectivity index (χ2n) is 6.02. The van der Waals surface area contributed by atoms with Gasteiger partial charge in [0, 0.05) is 42.6 Å². The first-order valence-electron chi connectivity index (χ1n) is 8.14. The predicted molar refractivity (Wildman–Crippen MR) is 100 cm³/mol. The minimum absolute atomic E-state index is 0.0927. The lowest BCUT2D eigenvalue weighted by Gasteiger charge is -2.36. The Hall–Kier alpha value is -2.71.